The largest absolute Gasteiger partial charge is 0.307 e. The second kappa shape index (κ2) is 6.14. The maximum atomic E-state index is 11.2. The molecule has 0 aromatic rings. The summed E-state index contributed by atoms with van der Waals surface area (Å²) in [5.74, 6) is 1.34. The van der Waals surface area contributed by atoms with Gasteiger partial charge in [0, 0.05) is 0 Å². The lowest BCUT2D eigenvalue weighted by molar-refractivity contribution is -0.119. The number of carbonyl (C=O) groups excluding carboxylic acids is 1. The van der Waals surface area contributed by atoms with E-state index in [0.717, 1.165) is 13.0 Å². The van der Waals surface area contributed by atoms with Crippen LogP contribution < -0.4 is 5.32 Å². The van der Waals surface area contributed by atoms with Crippen LogP contribution in [-0.2, 0) is 4.79 Å². The molecule has 0 rings (SSSR count). The Morgan fingerprint density at radius 1 is 1.23 bits per heavy atom. The van der Waals surface area contributed by atoms with Crippen molar-refractivity contribution in [2.75, 3.05) is 6.54 Å². The van der Waals surface area contributed by atoms with Crippen molar-refractivity contribution >= 4 is 5.78 Å². The first-order valence-corrected chi connectivity index (χ1v) is 5.19. The van der Waals surface area contributed by atoms with Gasteiger partial charge < -0.3 is 5.32 Å². The fourth-order valence-electron chi connectivity index (χ4n) is 1.38. The van der Waals surface area contributed by atoms with Gasteiger partial charge in [0.2, 0.25) is 0 Å². The minimum Gasteiger partial charge on any atom is -0.307 e. The summed E-state index contributed by atoms with van der Waals surface area (Å²) in [6, 6.07) is 0.0405. The first kappa shape index (κ1) is 12.6. The lowest BCUT2D eigenvalue weighted by atomic mass is 10.0. The number of hydrogen-bond donors (Lipinski definition) is 1. The first-order chi connectivity index (χ1) is 5.95. The van der Waals surface area contributed by atoms with Gasteiger partial charge in [0.15, 0.2) is 0 Å². The molecule has 0 saturated carbocycles. The summed E-state index contributed by atoms with van der Waals surface area (Å²) in [7, 11) is 0. The zero-order valence-corrected chi connectivity index (χ0v) is 9.55. The molecule has 0 fully saturated rings. The molecule has 0 aromatic carbocycles. The predicted molar refractivity (Wildman–Crippen MR) is 56.8 cm³/mol. The molecule has 78 valence electrons. The van der Waals surface area contributed by atoms with Crippen molar-refractivity contribution in [1.29, 1.82) is 0 Å². The van der Waals surface area contributed by atoms with Crippen LogP contribution in [-0.4, -0.2) is 18.4 Å². The van der Waals surface area contributed by atoms with Gasteiger partial charge in [-0.1, -0.05) is 27.7 Å². The summed E-state index contributed by atoms with van der Waals surface area (Å²) in [6.07, 6.45) is 1.14. The van der Waals surface area contributed by atoms with Gasteiger partial charge in [0.1, 0.15) is 5.78 Å². The molecule has 1 atom stereocenters. The van der Waals surface area contributed by atoms with E-state index in [9.17, 15) is 4.79 Å². The van der Waals surface area contributed by atoms with E-state index in [-0.39, 0.29) is 11.8 Å². The summed E-state index contributed by atoms with van der Waals surface area (Å²) in [4.78, 5) is 11.2. The van der Waals surface area contributed by atoms with E-state index in [2.05, 4.69) is 33.0 Å². The third-order valence-electron chi connectivity index (χ3n) is 2.19. The highest BCUT2D eigenvalue weighted by molar-refractivity contribution is 5.81. The molecule has 0 bridgehead atoms. The summed E-state index contributed by atoms with van der Waals surface area (Å²) in [5.41, 5.74) is 0. The highest BCUT2D eigenvalue weighted by Gasteiger charge is 2.16. The Kier molecular flexibility index (Phi) is 5.97. The molecule has 13 heavy (non-hydrogen) atoms. The minimum absolute atomic E-state index is 0.0405. The lowest BCUT2D eigenvalue weighted by Crippen LogP contribution is -2.40. The van der Waals surface area contributed by atoms with Gasteiger partial charge >= 0.3 is 0 Å². The van der Waals surface area contributed by atoms with E-state index in [1.807, 2.05) is 0 Å². The molecule has 2 nitrogen and oxygen atoms in total. The zero-order chi connectivity index (χ0) is 10.4. The van der Waals surface area contributed by atoms with Crippen molar-refractivity contribution in [3.63, 3.8) is 0 Å². The average molecular weight is 185 g/mol. The third-order valence-corrected chi connectivity index (χ3v) is 2.19. The number of Topliss-reactive ketones (excluding diaryl/α,β-unsaturated/α-hetero) is 1. The Labute approximate surface area is 82.1 Å². The fourth-order valence-corrected chi connectivity index (χ4v) is 1.38. The van der Waals surface area contributed by atoms with Crippen molar-refractivity contribution in [2.24, 2.45) is 11.8 Å². The molecule has 0 aliphatic heterocycles. The van der Waals surface area contributed by atoms with E-state index in [1.165, 1.54) is 0 Å². The second-order valence-corrected chi connectivity index (χ2v) is 4.47. The van der Waals surface area contributed by atoms with E-state index in [4.69, 9.17) is 0 Å². The van der Waals surface area contributed by atoms with Gasteiger partial charge in [-0.05, 0) is 31.7 Å². The zero-order valence-electron chi connectivity index (χ0n) is 9.55. The van der Waals surface area contributed by atoms with Gasteiger partial charge in [-0.15, -0.1) is 0 Å². The summed E-state index contributed by atoms with van der Waals surface area (Å²) in [5, 5.41) is 3.30. The van der Waals surface area contributed by atoms with Crippen LogP contribution >= 0.6 is 0 Å². The van der Waals surface area contributed by atoms with E-state index in [1.54, 1.807) is 6.92 Å². The number of ketones is 1. The maximum absolute atomic E-state index is 11.2. The Morgan fingerprint density at radius 3 is 2.08 bits per heavy atom. The number of rotatable bonds is 6. The minimum atomic E-state index is 0.0405. The van der Waals surface area contributed by atoms with Crippen LogP contribution in [0.25, 0.3) is 0 Å². The fraction of sp³-hybridized carbons (Fsp3) is 0.909. The molecular formula is C11H23NO. The second-order valence-electron chi connectivity index (χ2n) is 4.47. The van der Waals surface area contributed by atoms with Crippen LogP contribution in [0.3, 0.4) is 0 Å². The van der Waals surface area contributed by atoms with Gasteiger partial charge in [0.05, 0.1) is 6.04 Å². The van der Waals surface area contributed by atoms with Crippen LogP contribution in [0.15, 0.2) is 0 Å². The van der Waals surface area contributed by atoms with Crippen LogP contribution in [0.5, 0.6) is 0 Å². The molecular weight excluding hydrogens is 162 g/mol. The SMILES string of the molecule is CC(=O)[C@H](NCCC(C)C)C(C)C. The molecule has 0 aliphatic rings. The summed E-state index contributed by atoms with van der Waals surface area (Å²) < 4.78 is 0. The first-order valence-electron chi connectivity index (χ1n) is 5.19. The van der Waals surface area contributed by atoms with Gasteiger partial charge in [-0.3, -0.25) is 4.79 Å². The molecule has 2 heteroatoms. The van der Waals surface area contributed by atoms with Crippen molar-refractivity contribution in [1.82, 2.24) is 5.32 Å². The number of carbonyl (C=O) groups is 1. The topological polar surface area (TPSA) is 29.1 Å². The monoisotopic (exact) mass is 185 g/mol. The normalized spacial score (nSPS) is 13.8. The van der Waals surface area contributed by atoms with Gasteiger partial charge in [0.25, 0.3) is 0 Å². The third kappa shape index (κ3) is 5.81. The van der Waals surface area contributed by atoms with Crippen molar-refractivity contribution in [3.05, 3.63) is 0 Å². The molecule has 0 aliphatic carbocycles. The van der Waals surface area contributed by atoms with E-state index in [0.29, 0.717) is 11.8 Å². The highest BCUT2D eigenvalue weighted by Crippen LogP contribution is 2.04. The van der Waals surface area contributed by atoms with E-state index < -0.39 is 0 Å². The van der Waals surface area contributed by atoms with Crippen molar-refractivity contribution in [2.45, 2.75) is 47.1 Å². The highest BCUT2D eigenvalue weighted by atomic mass is 16.1. The predicted octanol–water partition coefficient (Wildman–Crippen LogP) is 2.24. The summed E-state index contributed by atoms with van der Waals surface area (Å²) in [6.45, 7) is 11.1. The summed E-state index contributed by atoms with van der Waals surface area (Å²) >= 11 is 0. The molecule has 0 aromatic heterocycles. The molecule has 0 saturated heterocycles. The number of nitrogens with one attached hydrogen (secondary N) is 1. The number of hydrogen-bond acceptors (Lipinski definition) is 2. The van der Waals surface area contributed by atoms with Crippen LogP contribution in [0.4, 0.5) is 0 Å². The molecule has 0 heterocycles. The van der Waals surface area contributed by atoms with Gasteiger partial charge in [-0.25, -0.2) is 0 Å². The van der Waals surface area contributed by atoms with Crippen LogP contribution in [0.2, 0.25) is 0 Å². The van der Waals surface area contributed by atoms with Crippen molar-refractivity contribution in [3.8, 4) is 0 Å². The lowest BCUT2D eigenvalue weighted by Gasteiger charge is -2.19. The Morgan fingerprint density at radius 2 is 1.77 bits per heavy atom. The maximum Gasteiger partial charge on any atom is 0.146 e. The smallest absolute Gasteiger partial charge is 0.146 e. The van der Waals surface area contributed by atoms with Crippen LogP contribution in [0.1, 0.15) is 41.0 Å². The van der Waals surface area contributed by atoms with E-state index >= 15 is 0 Å². The Balaban J connectivity index is 3.77. The molecule has 1 N–H and O–H groups in total. The Bertz CT molecular complexity index is 152. The van der Waals surface area contributed by atoms with Crippen molar-refractivity contribution < 1.29 is 4.79 Å². The molecule has 0 amide bonds. The average Bonchev–Trinajstić information content (AvgIpc) is 1.95. The standard InChI is InChI=1S/C11H23NO/c1-8(2)6-7-12-11(9(3)4)10(5)13/h8-9,11-12H,6-7H2,1-5H3/t11-/m1/s1. The quantitative estimate of drug-likeness (QED) is 0.687. The Hall–Kier alpha value is -0.370. The molecule has 0 radical (unpaired) electrons. The molecule has 0 unspecified atom stereocenters. The van der Waals surface area contributed by atoms with Crippen LogP contribution in [0, 0.1) is 11.8 Å². The van der Waals surface area contributed by atoms with Gasteiger partial charge in [-0.2, -0.15) is 0 Å². The molecule has 0 spiro atoms.